The first-order valence-corrected chi connectivity index (χ1v) is 7.92. The molecule has 0 bridgehead atoms. The third kappa shape index (κ3) is 3.84. The molecule has 0 radical (unpaired) electrons. The normalized spacial score (nSPS) is 23.0. The maximum atomic E-state index is 6.13. The predicted octanol–water partition coefficient (Wildman–Crippen LogP) is 1.83. The van der Waals surface area contributed by atoms with Crippen LogP contribution in [-0.2, 0) is 17.2 Å². The quantitative estimate of drug-likeness (QED) is 0.924. The second-order valence-electron chi connectivity index (χ2n) is 7.14. The molecule has 21 heavy (non-hydrogen) atoms. The predicted molar refractivity (Wildman–Crippen MR) is 85.3 cm³/mol. The summed E-state index contributed by atoms with van der Waals surface area (Å²) in [5, 5.41) is 4.69. The van der Waals surface area contributed by atoms with E-state index in [0.717, 1.165) is 31.8 Å². The topological polar surface area (TPSA) is 56.3 Å². The minimum Gasteiger partial charge on any atom is -0.377 e. The molecule has 1 aromatic heterocycles. The largest absolute Gasteiger partial charge is 0.377 e. The van der Waals surface area contributed by atoms with Crippen LogP contribution in [0.1, 0.15) is 51.4 Å². The van der Waals surface area contributed by atoms with Gasteiger partial charge in [0.25, 0.3) is 0 Å². The molecule has 1 saturated heterocycles. The number of ether oxygens (including phenoxy) is 1. The molecule has 1 aliphatic heterocycles. The number of nitrogens with zero attached hydrogens (tertiary/aromatic N) is 3. The summed E-state index contributed by atoms with van der Waals surface area (Å²) in [4.78, 5) is 2.46. The SMILES string of the molecule is CC1CN(C(CN)c2cn(C)nc2C(C)(C)C)CCCO1. The Morgan fingerprint density at radius 1 is 1.48 bits per heavy atom. The van der Waals surface area contributed by atoms with Crippen LogP contribution in [0.25, 0.3) is 0 Å². The standard InChI is InChI=1S/C16H30N4O/c1-12-10-20(7-6-8-21-12)14(9-17)13-11-19(5)18-15(13)16(2,3)4/h11-12,14H,6-10,17H2,1-5H3. The second-order valence-corrected chi connectivity index (χ2v) is 7.14. The first-order valence-electron chi connectivity index (χ1n) is 7.92. The van der Waals surface area contributed by atoms with Crippen LogP contribution in [0.15, 0.2) is 6.20 Å². The van der Waals surface area contributed by atoms with E-state index in [1.807, 2.05) is 11.7 Å². The Bertz CT molecular complexity index is 463. The van der Waals surface area contributed by atoms with E-state index in [2.05, 4.69) is 38.8 Å². The Balaban J connectivity index is 2.32. The fourth-order valence-corrected chi connectivity index (χ4v) is 3.12. The van der Waals surface area contributed by atoms with Gasteiger partial charge in [0.1, 0.15) is 0 Å². The van der Waals surface area contributed by atoms with Gasteiger partial charge in [-0.05, 0) is 13.3 Å². The zero-order valence-electron chi connectivity index (χ0n) is 14.1. The van der Waals surface area contributed by atoms with Gasteiger partial charge in [0.05, 0.1) is 17.8 Å². The van der Waals surface area contributed by atoms with Gasteiger partial charge < -0.3 is 10.5 Å². The lowest BCUT2D eigenvalue weighted by atomic mass is 9.87. The molecule has 0 saturated carbocycles. The molecule has 2 heterocycles. The summed E-state index contributed by atoms with van der Waals surface area (Å²) < 4.78 is 7.68. The van der Waals surface area contributed by atoms with Gasteiger partial charge in [0.15, 0.2) is 0 Å². The number of hydrogen-bond donors (Lipinski definition) is 1. The van der Waals surface area contributed by atoms with E-state index < -0.39 is 0 Å². The van der Waals surface area contributed by atoms with Crippen molar-refractivity contribution in [2.24, 2.45) is 12.8 Å². The van der Waals surface area contributed by atoms with Crippen LogP contribution >= 0.6 is 0 Å². The van der Waals surface area contributed by atoms with E-state index in [9.17, 15) is 0 Å². The summed E-state index contributed by atoms with van der Waals surface area (Å²) in [6, 6.07) is 0.220. The lowest BCUT2D eigenvalue weighted by Crippen LogP contribution is -2.38. The second kappa shape index (κ2) is 6.46. The molecule has 1 aromatic rings. The van der Waals surface area contributed by atoms with Crippen molar-refractivity contribution in [2.45, 2.75) is 51.7 Å². The van der Waals surface area contributed by atoms with Crippen LogP contribution < -0.4 is 5.73 Å². The molecule has 0 aromatic carbocycles. The van der Waals surface area contributed by atoms with Crippen molar-refractivity contribution in [3.05, 3.63) is 17.5 Å². The van der Waals surface area contributed by atoms with Crippen molar-refractivity contribution in [1.29, 1.82) is 0 Å². The Morgan fingerprint density at radius 2 is 2.19 bits per heavy atom. The molecule has 2 rings (SSSR count). The highest BCUT2D eigenvalue weighted by molar-refractivity contribution is 5.28. The fourth-order valence-electron chi connectivity index (χ4n) is 3.12. The van der Waals surface area contributed by atoms with Gasteiger partial charge in [-0.1, -0.05) is 20.8 Å². The molecular weight excluding hydrogens is 264 g/mol. The maximum absolute atomic E-state index is 6.13. The smallest absolute Gasteiger partial charge is 0.0726 e. The summed E-state index contributed by atoms with van der Waals surface area (Å²) in [6.07, 6.45) is 3.46. The lowest BCUT2D eigenvalue weighted by molar-refractivity contribution is 0.0610. The molecule has 2 N–H and O–H groups in total. The molecule has 0 spiro atoms. The molecule has 0 amide bonds. The number of rotatable bonds is 3. The van der Waals surface area contributed by atoms with Gasteiger partial charge in [-0.15, -0.1) is 0 Å². The molecule has 1 fully saturated rings. The Labute approximate surface area is 128 Å². The Kier molecular flexibility index (Phi) is 5.07. The number of hydrogen-bond acceptors (Lipinski definition) is 4. The van der Waals surface area contributed by atoms with Gasteiger partial charge >= 0.3 is 0 Å². The molecule has 5 nitrogen and oxygen atoms in total. The van der Waals surface area contributed by atoms with Crippen molar-refractivity contribution >= 4 is 0 Å². The Hall–Kier alpha value is -0.910. The van der Waals surface area contributed by atoms with Crippen LogP contribution in [0, 0.1) is 0 Å². The van der Waals surface area contributed by atoms with E-state index in [4.69, 9.17) is 15.6 Å². The van der Waals surface area contributed by atoms with Crippen LogP contribution in [0.4, 0.5) is 0 Å². The third-order valence-electron chi connectivity index (χ3n) is 4.07. The van der Waals surface area contributed by atoms with Crippen LogP contribution in [0.5, 0.6) is 0 Å². The number of aromatic nitrogens is 2. The molecule has 2 atom stereocenters. The minimum atomic E-state index is 0.0258. The number of nitrogens with two attached hydrogens (primary N) is 1. The number of aryl methyl sites for hydroxylation is 1. The lowest BCUT2D eigenvalue weighted by Gasteiger charge is -2.32. The maximum Gasteiger partial charge on any atom is 0.0726 e. The van der Waals surface area contributed by atoms with Crippen molar-refractivity contribution in [3.63, 3.8) is 0 Å². The highest BCUT2D eigenvalue weighted by Crippen LogP contribution is 2.31. The average molecular weight is 294 g/mol. The van der Waals surface area contributed by atoms with E-state index in [1.165, 1.54) is 5.56 Å². The fraction of sp³-hybridized carbons (Fsp3) is 0.812. The average Bonchev–Trinajstić information content (AvgIpc) is 2.64. The van der Waals surface area contributed by atoms with Crippen molar-refractivity contribution in [1.82, 2.24) is 14.7 Å². The van der Waals surface area contributed by atoms with E-state index >= 15 is 0 Å². The Morgan fingerprint density at radius 3 is 2.81 bits per heavy atom. The molecule has 5 heteroatoms. The molecule has 2 unspecified atom stereocenters. The first kappa shape index (κ1) is 16.5. The summed E-state index contributed by atoms with van der Waals surface area (Å²) in [5.41, 5.74) is 8.58. The van der Waals surface area contributed by atoms with Crippen molar-refractivity contribution < 1.29 is 4.74 Å². The molecule has 120 valence electrons. The van der Waals surface area contributed by atoms with E-state index in [0.29, 0.717) is 6.54 Å². The summed E-state index contributed by atoms with van der Waals surface area (Å²) in [5.74, 6) is 0. The van der Waals surface area contributed by atoms with Crippen LogP contribution in [0.2, 0.25) is 0 Å². The van der Waals surface area contributed by atoms with Crippen molar-refractivity contribution in [2.75, 3.05) is 26.2 Å². The highest BCUT2D eigenvalue weighted by Gasteiger charge is 2.30. The van der Waals surface area contributed by atoms with Crippen LogP contribution in [0.3, 0.4) is 0 Å². The zero-order valence-corrected chi connectivity index (χ0v) is 14.1. The summed E-state index contributed by atoms with van der Waals surface area (Å²) in [6.45, 7) is 12.2. The third-order valence-corrected chi connectivity index (χ3v) is 4.07. The molecule has 0 aliphatic carbocycles. The monoisotopic (exact) mass is 294 g/mol. The molecule has 1 aliphatic rings. The zero-order chi connectivity index (χ0) is 15.6. The van der Waals surface area contributed by atoms with Gasteiger partial charge in [0.2, 0.25) is 0 Å². The molecular formula is C16H30N4O. The van der Waals surface area contributed by atoms with Gasteiger partial charge in [0, 0.05) is 50.5 Å². The van der Waals surface area contributed by atoms with E-state index in [1.54, 1.807) is 0 Å². The van der Waals surface area contributed by atoms with Crippen molar-refractivity contribution in [3.8, 4) is 0 Å². The summed E-state index contributed by atoms with van der Waals surface area (Å²) >= 11 is 0. The van der Waals surface area contributed by atoms with Gasteiger partial charge in [-0.2, -0.15) is 5.10 Å². The highest BCUT2D eigenvalue weighted by atomic mass is 16.5. The summed E-state index contributed by atoms with van der Waals surface area (Å²) in [7, 11) is 1.99. The first-order chi connectivity index (χ1) is 9.82. The van der Waals surface area contributed by atoms with Crippen LogP contribution in [-0.4, -0.2) is 47.0 Å². The van der Waals surface area contributed by atoms with Gasteiger partial charge in [-0.3, -0.25) is 9.58 Å². The minimum absolute atomic E-state index is 0.0258. The van der Waals surface area contributed by atoms with E-state index in [-0.39, 0.29) is 17.6 Å². The van der Waals surface area contributed by atoms with Gasteiger partial charge in [-0.25, -0.2) is 0 Å².